The minimum atomic E-state index is 0.506. The van der Waals surface area contributed by atoms with Crippen molar-refractivity contribution < 1.29 is 4.74 Å². The van der Waals surface area contributed by atoms with Crippen molar-refractivity contribution in [3.8, 4) is 0 Å². The first-order valence-electron chi connectivity index (χ1n) is 8.60. The molecule has 0 saturated carbocycles. The molecule has 7 heteroatoms. The van der Waals surface area contributed by atoms with Crippen molar-refractivity contribution >= 4 is 29.2 Å². The van der Waals surface area contributed by atoms with Crippen LogP contribution in [0.25, 0.3) is 0 Å². The van der Waals surface area contributed by atoms with Gasteiger partial charge < -0.3 is 20.3 Å². The second-order valence-electron chi connectivity index (χ2n) is 5.86. The highest BCUT2D eigenvalue weighted by Crippen LogP contribution is 2.20. The maximum absolute atomic E-state index is 5.43. The summed E-state index contributed by atoms with van der Waals surface area (Å²) in [5.41, 5.74) is 1.86. The zero-order valence-corrected chi connectivity index (χ0v) is 14.3. The Labute approximate surface area is 152 Å². The van der Waals surface area contributed by atoms with Crippen molar-refractivity contribution in [1.29, 1.82) is 0 Å². The van der Waals surface area contributed by atoms with E-state index in [0.29, 0.717) is 31.1 Å². The molecule has 0 atom stereocenters. The van der Waals surface area contributed by atoms with E-state index < -0.39 is 0 Å². The van der Waals surface area contributed by atoms with Crippen LogP contribution in [0.1, 0.15) is 0 Å². The third-order valence-corrected chi connectivity index (χ3v) is 3.98. The van der Waals surface area contributed by atoms with Crippen LogP contribution in [0.5, 0.6) is 0 Å². The van der Waals surface area contributed by atoms with E-state index in [-0.39, 0.29) is 0 Å². The average Bonchev–Trinajstić information content (AvgIpc) is 2.70. The zero-order chi connectivity index (χ0) is 17.6. The summed E-state index contributed by atoms with van der Waals surface area (Å²) in [5.74, 6) is 1.65. The van der Waals surface area contributed by atoms with Gasteiger partial charge in [0.15, 0.2) is 0 Å². The highest BCUT2D eigenvalue weighted by atomic mass is 16.5. The molecule has 26 heavy (non-hydrogen) atoms. The van der Waals surface area contributed by atoms with Crippen LogP contribution >= 0.6 is 0 Å². The molecular weight excluding hydrogens is 328 g/mol. The van der Waals surface area contributed by atoms with Crippen LogP contribution < -0.4 is 15.5 Å². The molecule has 132 valence electrons. The second kappa shape index (κ2) is 7.79. The lowest BCUT2D eigenvalue weighted by Gasteiger charge is -2.27. The third kappa shape index (κ3) is 4.07. The molecule has 2 aromatic carbocycles. The molecule has 3 aromatic rings. The molecule has 1 fully saturated rings. The van der Waals surface area contributed by atoms with Crippen molar-refractivity contribution in [2.75, 3.05) is 41.8 Å². The van der Waals surface area contributed by atoms with Crippen LogP contribution in [-0.4, -0.2) is 41.3 Å². The topological polar surface area (TPSA) is 75.2 Å². The fourth-order valence-electron chi connectivity index (χ4n) is 2.68. The summed E-state index contributed by atoms with van der Waals surface area (Å²) in [6.45, 7) is 2.88. The predicted octanol–water partition coefficient (Wildman–Crippen LogP) is 3.20. The minimum Gasteiger partial charge on any atom is -0.378 e. The van der Waals surface area contributed by atoms with Gasteiger partial charge in [-0.15, -0.1) is 0 Å². The fraction of sp³-hybridized carbons (Fsp3) is 0.211. The molecule has 0 unspecified atom stereocenters. The highest BCUT2D eigenvalue weighted by molar-refractivity contribution is 5.59. The number of para-hydroxylation sites is 2. The lowest BCUT2D eigenvalue weighted by Crippen LogP contribution is -2.37. The van der Waals surface area contributed by atoms with Gasteiger partial charge in [0.05, 0.1) is 13.2 Å². The number of nitrogens with one attached hydrogen (secondary N) is 2. The molecule has 0 amide bonds. The van der Waals surface area contributed by atoms with Crippen molar-refractivity contribution in [2.24, 2.45) is 0 Å². The number of morpholine rings is 1. The molecule has 1 aliphatic rings. The van der Waals surface area contributed by atoms with Crippen LogP contribution in [0.2, 0.25) is 0 Å². The maximum Gasteiger partial charge on any atom is 0.233 e. The SMILES string of the molecule is c1ccc(Nc2nc(Nc3ccccc3)nc(N3CCOCC3)n2)cc1. The van der Waals surface area contributed by atoms with Crippen LogP contribution in [0.15, 0.2) is 60.7 Å². The molecule has 0 spiro atoms. The molecular formula is C19H20N6O. The Bertz CT molecular complexity index is 777. The fourth-order valence-corrected chi connectivity index (χ4v) is 2.68. The molecule has 0 aliphatic carbocycles. The van der Waals surface area contributed by atoms with Crippen molar-refractivity contribution in [2.45, 2.75) is 0 Å². The number of benzene rings is 2. The van der Waals surface area contributed by atoms with Gasteiger partial charge in [-0.1, -0.05) is 36.4 Å². The van der Waals surface area contributed by atoms with Crippen LogP contribution in [0.3, 0.4) is 0 Å². The van der Waals surface area contributed by atoms with Gasteiger partial charge >= 0.3 is 0 Å². The molecule has 1 aromatic heterocycles. The molecule has 0 bridgehead atoms. The molecule has 7 nitrogen and oxygen atoms in total. The molecule has 2 heterocycles. The van der Waals surface area contributed by atoms with E-state index in [9.17, 15) is 0 Å². The lowest BCUT2D eigenvalue weighted by molar-refractivity contribution is 0.122. The van der Waals surface area contributed by atoms with Gasteiger partial charge in [-0.05, 0) is 24.3 Å². The number of nitrogens with zero attached hydrogens (tertiary/aromatic N) is 4. The van der Waals surface area contributed by atoms with Gasteiger partial charge in [-0.2, -0.15) is 15.0 Å². The standard InChI is InChI=1S/C19H20N6O/c1-3-7-15(8-4-1)20-17-22-18(21-16-9-5-2-6-10-16)24-19(23-17)25-11-13-26-14-12-25/h1-10H,11-14H2,(H2,20,21,22,23,24). The molecule has 1 aliphatic heterocycles. The van der Waals surface area contributed by atoms with Gasteiger partial charge in [-0.25, -0.2) is 0 Å². The second-order valence-corrected chi connectivity index (χ2v) is 5.86. The van der Waals surface area contributed by atoms with Crippen molar-refractivity contribution in [3.05, 3.63) is 60.7 Å². The summed E-state index contributed by atoms with van der Waals surface area (Å²) < 4.78 is 5.43. The largest absolute Gasteiger partial charge is 0.378 e. The van der Waals surface area contributed by atoms with Crippen molar-refractivity contribution in [3.63, 3.8) is 0 Å². The van der Waals surface area contributed by atoms with Crippen LogP contribution in [-0.2, 0) is 4.74 Å². The summed E-state index contributed by atoms with van der Waals surface area (Å²) >= 11 is 0. The van der Waals surface area contributed by atoms with E-state index in [2.05, 4.69) is 30.5 Å². The number of hydrogen-bond acceptors (Lipinski definition) is 7. The Morgan fingerprint density at radius 2 is 1.19 bits per heavy atom. The normalized spacial score (nSPS) is 14.1. The number of aromatic nitrogens is 3. The number of ether oxygens (including phenoxy) is 1. The van der Waals surface area contributed by atoms with Crippen LogP contribution in [0.4, 0.5) is 29.2 Å². The highest BCUT2D eigenvalue weighted by Gasteiger charge is 2.16. The first kappa shape index (κ1) is 16.3. The third-order valence-electron chi connectivity index (χ3n) is 3.98. The first-order valence-corrected chi connectivity index (χ1v) is 8.60. The number of rotatable bonds is 5. The lowest BCUT2D eigenvalue weighted by atomic mass is 10.3. The van der Waals surface area contributed by atoms with Gasteiger partial charge in [0.25, 0.3) is 0 Å². The minimum absolute atomic E-state index is 0.506. The summed E-state index contributed by atoms with van der Waals surface area (Å²) in [6.07, 6.45) is 0. The molecule has 1 saturated heterocycles. The van der Waals surface area contributed by atoms with E-state index in [1.807, 2.05) is 60.7 Å². The smallest absolute Gasteiger partial charge is 0.233 e. The Balaban J connectivity index is 1.64. The summed E-state index contributed by atoms with van der Waals surface area (Å²) in [4.78, 5) is 15.8. The first-order chi connectivity index (χ1) is 12.9. The van der Waals surface area contributed by atoms with E-state index in [1.54, 1.807) is 0 Å². The Hall–Kier alpha value is -3.19. The number of anilines is 5. The maximum atomic E-state index is 5.43. The summed E-state index contributed by atoms with van der Waals surface area (Å²) in [7, 11) is 0. The van der Waals surface area contributed by atoms with Gasteiger partial charge in [0, 0.05) is 24.5 Å². The molecule has 2 N–H and O–H groups in total. The van der Waals surface area contributed by atoms with E-state index in [4.69, 9.17) is 4.74 Å². The summed E-state index contributed by atoms with van der Waals surface area (Å²) in [5, 5.41) is 6.50. The predicted molar refractivity (Wildman–Crippen MR) is 102 cm³/mol. The Kier molecular flexibility index (Phi) is 4.88. The Morgan fingerprint density at radius 3 is 1.69 bits per heavy atom. The number of hydrogen-bond donors (Lipinski definition) is 2. The van der Waals surface area contributed by atoms with E-state index >= 15 is 0 Å². The van der Waals surface area contributed by atoms with Crippen LogP contribution in [0, 0.1) is 0 Å². The van der Waals surface area contributed by atoms with Crippen molar-refractivity contribution in [1.82, 2.24) is 15.0 Å². The molecule has 4 rings (SSSR count). The van der Waals surface area contributed by atoms with Gasteiger partial charge in [0.2, 0.25) is 17.8 Å². The monoisotopic (exact) mass is 348 g/mol. The average molecular weight is 348 g/mol. The zero-order valence-electron chi connectivity index (χ0n) is 14.3. The molecule has 0 radical (unpaired) electrons. The summed E-state index contributed by atoms with van der Waals surface area (Å²) in [6, 6.07) is 19.7. The van der Waals surface area contributed by atoms with E-state index in [1.165, 1.54) is 0 Å². The Morgan fingerprint density at radius 1 is 0.692 bits per heavy atom. The quantitative estimate of drug-likeness (QED) is 0.733. The van der Waals surface area contributed by atoms with Gasteiger partial charge in [0.1, 0.15) is 0 Å². The van der Waals surface area contributed by atoms with E-state index in [0.717, 1.165) is 24.5 Å². The van der Waals surface area contributed by atoms with Gasteiger partial charge in [-0.3, -0.25) is 0 Å².